The Morgan fingerprint density at radius 1 is 1.33 bits per heavy atom. The first-order valence-corrected chi connectivity index (χ1v) is 8.35. The molecule has 0 saturated heterocycles. The maximum atomic E-state index is 13.3. The van der Waals surface area contributed by atoms with Gasteiger partial charge in [0, 0.05) is 17.8 Å². The standard InChI is InChI=1S/C17H23FN2S/c1-4-8-19-11-15-17(12(2)3)20-16(21-15)10-13-6-5-7-14(18)9-13/h5-7,9,12,19H,4,8,10-11H2,1-3H3. The molecule has 4 heteroatoms. The minimum absolute atomic E-state index is 0.182. The Hall–Kier alpha value is -1.26. The highest BCUT2D eigenvalue weighted by atomic mass is 32.1. The fraction of sp³-hybridized carbons (Fsp3) is 0.471. The predicted molar refractivity (Wildman–Crippen MR) is 87.4 cm³/mol. The highest BCUT2D eigenvalue weighted by Crippen LogP contribution is 2.26. The lowest BCUT2D eigenvalue weighted by molar-refractivity contribution is 0.626. The van der Waals surface area contributed by atoms with Crippen molar-refractivity contribution in [1.29, 1.82) is 0 Å². The zero-order valence-electron chi connectivity index (χ0n) is 12.9. The molecule has 0 saturated carbocycles. The Balaban J connectivity index is 2.14. The summed E-state index contributed by atoms with van der Waals surface area (Å²) in [5.74, 6) is 0.235. The third-order valence-corrected chi connectivity index (χ3v) is 4.35. The first-order chi connectivity index (χ1) is 10.1. The first-order valence-electron chi connectivity index (χ1n) is 7.53. The minimum atomic E-state index is -0.182. The molecular formula is C17H23FN2S. The van der Waals surface area contributed by atoms with Crippen LogP contribution in [0.5, 0.6) is 0 Å². The van der Waals surface area contributed by atoms with E-state index in [1.54, 1.807) is 23.5 Å². The summed E-state index contributed by atoms with van der Waals surface area (Å²) in [7, 11) is 0. The third-order valence-electron chi connectivity index (χ3n) is 3.28. The fourth-order valence-electron chi connectivity index (χ4n) is 2.27. The van der Waals surface area contributed by atoms with Crippen LogP contribution in [0.3, 0.4) is 0 Å². The fourth-order valence-corrected chi connectivity index (χ4v) is 3.49. The van der Waals surface area contributed by atoms with Crippen molar-refractivity contribution in [2.45, 2.75) is 46.1 Å². The molecule has 0 spiro atoms. The molecule has 0 aliphatic rings. The first kappa shape index (κ1) is 16.1. The molecule has 0 radical (unpaired) electrons. The second kappa shape index (κ2) is 7.66. The number of rotatable bonds is 7. The van der Waals surface area contributed by atoms with Crippen molar-refractivity contribution in [3.05, 3.63) is 51.2 Å². The lowest BCUT2D eigenvalue weighted by Crippen LogP contribution is -2.14. The van der Waals surface area contributed by atoms with Gasteiger partial charge >= 0.3 is 0 Å². The van der Waals surface area contributed by atoms with Crippen molar-refractivity contribution in [1.82, 2.24) is 10.3 Å². The Bertz CT molecular complexity index is 578. The molecular weight excluding hydrogens is 283 g/mol. The zero-order valence-corrected chi connectivity index (χ0v) is 13.8. The molecule has 0 bridgehead atoms. The summed E-state index contributed by atoms with van der Waals surface area (Å²) >= 11 is 1.74. The average molecular weight is 306 g/mol. The topological polar surface area (TPSA) is 24.9 Å². The second-order valence-electron chi connectivity index (χ2n) is 5.55. The number of aromatic nitrogens is 1. The molecule has 0 fully saturated rings. The van der Waals surface area contributed by atoms with E-state index in [-0.39, 0.29) is 5.82 Å². The molecule has 2 rings (SSSR count). The van der Waals surface area contributed by atoms with Crippen molar-refractivity contribution in [3.63, 3.8) is 0 Å². The molecule has 1 heterocycles. The molecule has 114 valence electrons. The van der Waals surface area contributed by atoms with Crippen LogP contribution >= 0.6 is 11.3 Å². The molecule has 0 atom stereocenters. The largest absolute Gasteiger partial charge is 0.312 e. The van der Waals surface area contributed by atoms with Gasteiger partial charge in [0.05, 0.1) is 10.7 Å². The summed E-state index contributed by atoms with van der Waals surface area (Å²) in [6.45, 7) is 8.41. The quantitative estimate of drug-likeness (QED) is 0.762. The Labute approximate surface area is 130 Å². The Morgan fingerprint density at radius 3 is 2.81 bits per heavy atom. The molecule has 21 heavy (non-hydrogen) atoms. The van der Waals surface area contributed by atoms with Gasteiger partial charge in [-0.05, 0) is 36.6 Å². The number of nitrogens with zero attached hydrogens (tertiary/aromatic N) is 1. The molecule has 1 N–H and O–H groups in total. The highest BCUT2D eigenvalue weighted by Gasteiger charge is 2.14. The van der Waals surface area contributed by atoms with Gasteiger partial charge in [0.1, 0.15) is 5.82 Å². The van der Waals surface area contributed by atoms with E-state index in [1.165, 1.54) is 16.6 Å². The van der Waals surface area contributed by atoms with Crippen molar-refractivity contribution in [2.24, 2.45) is 0 Å². The predicted octanol–water partition coefficient (Wildman–Crippen LogP) is 4.50. The van der Waals surface area contributed by atoms with Crippen LogP contribution in [0.4, 0.5) is 4.39 Å². The maximum absolute atomic E-state index is 13.3. The van der Waals surface area contributed by atoms with Gasteiger partial charge in [-0.15, -0.1) is 11.3 Å². The van der Waals surface area contributed by atoms with Gasteiger partial charge in [-0.1, -0.05) is 32.9 Å². The van der Waals surface area contributed by atoms with Crippen molar-refractivity contribution in [2.75, 3.05) is 6.54 Å². The van der Waals surface area contributed by atoms with E-state index in [4.69, 9.17) is 4.98 Å². The van der Waals surface area contributed by atoms with Crippen LogP contribution in [0.25, 0.3) is 0 Å². The smallest absolute Gasteiger partial charge is 0.123 e. The number of hydrogen-bond donors (Lipinski definition) is 1. The molecule has 0 aliphatic carbocycles. The van der Waals surface area contributed by atoms with Crippen molar-refractivity contribution in [3.8, 4) is 0 Å². The molecule has 2 nitrogen and oxygen atoms in total. The summed E-state index contributed by atoms with van der Waals surface area (Å²) in [5, 5.41) is 4.51. The molecule has 1 aromatic carbocycles. The summed E-state index contributed by atoms with van der Waals surface area (Å²) in [6, 6.07) is 6.77. The van der Waals surface area contributed by atoms with Crippen LogP contribution in [0, 0.1) is 5.82 Å². The van der Waals surface area contributed by atoms with E-state index in [0.717, 1.165) is 30.1 Å². The van der Waals surface area contributed by atoms with Crippen LogP contribution in [0.2, 0.25) is 0 Å². The molecule has 2 aromatic rings. The lowest BCUT2D eigenvalue weighted by Gasteiger charge is -2.05. The van der Waals surface area contributed by atoms with E-state index >= 15 is 0 Å². The normalized spacial score (nSPS) is 11.3. The second-order valence-corrected chi connectivity index (χ2v) is 6.72. The summed E-state index contributed by atoms with van der Waals surface area (Å²) in [6.07, 6.45) is 1.84. The van der Waals surface area contributed by atoms with Crippen LogP contribution in [-0.2, 0) is 13.0 Å². The summed E-state index contributed by atoms with van der Waals surface area (Å²) in [4.78, 5) is 6.08. The van der Waals surface area contributed by atoms with Crippen LogP contribution in [-0.4, -0.2) is 11.5 Å². The number of hydrogen-bond acceptors (Lipinski definition) is 3. The minimum Gasteiger partial charge on any atom is -0.312 e. The zero-order chi connectivity index (χ0) is 15.2. The van der Waals surface area contributed by atoms with Crippen molar-refractivity contribution >= 4 is 11.3 Å². The van der Waals surface area contributed by atoms with Crippen LogP contribution < -0.4 is 5.32 Å². The molecule has 0 unspecified atom stereocenters. The number of thiazole rings is 1. The average Bonchev–Trinajstić information content (AvgIpc) is 2.82. The lowest BCUT2D eigenvalue weighted by atomic mass is 10.1. The molecule has 0 aliphatic heterocycles. The molecule has 1 aromatic heterocycles. The van der Waals surface area contributed by atoms with E-state index < -0.39 is 0 Å². The van der Waals surface area contributed by atoms with Gasteiger partial charge in [0.2, 0.25) is 0 Å². The monoisotopic (exact) mass is 306 g/mol. The number of nitrogens with one attached hydrogen (secondary N) is 1. The molecule has 0 amide bonds. The van der Waals surface area contributed by atoms with E-state index in [2.05, 4.69) is 26.1 Å². The van der Waals surface area contributed by atoms with Crippen LogP contribution in [0.15, 0.2) is 24.3 Å². The van der Waals surface area contributed by atoms with Crippen molar-refractivity contribution < 1.29 is 4.39 Å². The Morgan fingerprint density at radius 2 is 2.14 bits per heavy atom. The van der Waals surface area contributed by atoms with Gasteiger partial charge in [-0.25, -0.2) is 9.37 Å². The third kappa shape index (κ3) is 4.61. The van der Waals surface area contributed by atoms with Gasteiger partial charge in [0.25, 0.3) is 0 Å². The van der Waals surface area contributed by atoms with E-state index in [0.29, 0.717) is 12.3 Å². The number of benzene rings is 1. The van der Waals surface area contributed by atoms with Gasteiger partial charge < -0.3 is 5.32 Å². The van der Waals surface area contributed by atoms with Gasteiger partial charge in [0.15, 0.2) is 0 Å². The van der Waals surface area contributed by atoms with Crippen LogP contribution in [0.1, 0.15) is 54.3 Å². The SMILES string of the molecule is CCCNCc1sc(Cc2cccc(F)c2)nc1C(C)C. The Kier molecular flexibility index (Phi) is 5.88. The summed E-state index contributed by atoms with van der Waals surface area (Å²) < 4.78 is 13.3. The highest BCUT2D eigenvalue weighted by molar-refractivity contribution is 7.11. The van der Waals surface area contributed by atoms with Gasteiger partial charge in [-0.3, -0.25) is 0 Å². The van der Waals surface area contributed by atoms with E-state index in [1.807, 2.05) is 6.07 Å². The maximum Gasteiger partial charge on any atom is 0.123 e. The number of halogens is 1. The van der Waals surface area contributed by atoms with Gasteiger partial charge in [-0.2, -0.15) is 0 Å². The summed E-state index contributed by atoms with van der Waals surface area (Å²) in [5.41, 5.74) is 2.15. The van der Waals surface area contributed by atoms with E-state index in [9.17, 15) is 4.39 Å².